The number of carboxylic acid groups (broad SMARTS) is 1. The minimum absolute atomic E-state index is 0.00479. The predicted octanol–water partition coefficient (Wildman–Crippen LogP) is 4.83. The van der Waals surface area contributed by atoms with E-state index in [1.165, 1.54) is 4.90 Å². The number of fused-ring (bicyclic) bond motifs is 3. The molecule has 1 aliphatic carbocycles. The van der Waals surface area contributed by atoms with Crippen molar-refractivity contribution in [2.24, 2.45) is 0 Å². The van der Waals surface area contributed by atoms with Gasteiger partial charge in [0.2, 0.25) is 0 Å². The van der Waals surface area contributed by atoms with E-state index in [1.807, 2.05) is 66.7 Å². The molecule has 9 heteroatoms. The third-order valence-electron chi connectivity index (χ3n) is 6.68. The van der Waals surface area contributed by atoms with Crippen molar-refractivity contribution in [1.82, 2.24) is 15.2 Å². The lowest BCUT2D eigenvalue weighted by Crippen LogP contribution is -2.34. The number of carbonyl (C=O) groups excluding carboxylic acids is 2. The quantitative estimate of drug-likeness (QED) is 0.304. The second-order valence-corrected chi connectivity index (χ2v) is 9.16. The molecule has 0 saturated carbocycles. The Morgan fingerprint density at radius 2 is 1.56 bits per heavy atom. The smallest absolute Gasteiger partial charge is 0.407 e. The largest absolute Gasteiger partial charge is 0.481 e. The van der Waals surface area contributed by atoms with Crippen LogP contribution in [0.1, 0.15) is 45.3 Å². The zero-order chi connectivity index (χ0) is 27.2. The second kappa shape index (κ2) is 11.6. The van der Waals surface area contributed by atoms with Crippen molar-refractivity contribution in [2.75, 3.05) is 13.2 Å². The lowest BCUT2D eigenvalue weighted by Gasteiger charge is -2.21. The first-order valence-corrected chi connectivity index (χ1v) is 12.6. The monoisotopic (exact) mass is 525 g/mol. The molecule has 0 atom stereocenters. The van der Waals surface area contributed by atoms with Crippen LogP contribution >= 0.6 is 0 Å². The van der Waals surface area contributed by atoms with E-state index in [9.17, 15) is 14.4 Å². The molecule has 3 aromatic carbocycles. The van der Waals surface area contributed by atoms with Crippen molar-refractivity contribution in [1.29, 1.82) is 0 Å². The fraction of sp³-hybridized carbons (Fsp3) is 0.200. The number of carbonyl (C=O) groups is 3. The van der Waals surface area contributed by atoms with Gasteiger partial charge < -0.3 is 24.5 Å². The first-order valence-electron chi connectivity index (χ1n) is 12.6. The average molecular weight is 526 g/mol. The maximum Gasteiger partial charge on any atom is 0.407 e. The highest BCUT2D eigenvalue weighted by Gasteiger charge is 2.29. The van der Waals surface area contributed by atoms with Crippen molar-refractivity contribution in [2.45, 2.75) is 25.4 Å². The van der Waals surface area contributed by atoms with Crippen LogP contribution in [0, 0.1) is 0 Å². The first-order chi connectivity index (χ1) is 19.0. The minimum Gasteiger partial charge on any atom is -0.481 e. The number of ether oxygens (including phenoxy) is 1. The van der Waals surface area contributed by atoms with E-state index in [0.29, 0.717) is 0 Å². The number of rotatable bonds is 10. The van der Waals surface area contributed by atoms with Gasteiger partial charge in [0.25, 0.3) is 5.91 Å². The van der Waals surface area contributed by atoms with E-state index in [-0.39, 0.29) is 50.0 Å². The van der Waals surface area contributed by atoms with Crippen LogP contribution in [0.2, 0.25) is 0 Å². The van der Waals surface area contributed by atoms with E-state index in [0.717, 1.165) is 34.2 Å². The highest BCUT2D eigenvalue weighted by Crippen LogP contribution is 2.44. The van der Waals surface area contributed by atoms with Crippen LogP contribution < -0.4 is 5.32 Å². The van der Waals surface area contributed by atoms with Gasteiger partial charge in [-0.05, 0) is 27.8 Å². The fourth-order valence-electron chi connectivity index (χ4n) is 4.81. The topological polar surface area (TPSA) is 122 Å². The van der Waals surface area contributed by atoms with Crippen LogP contribution in [0.15, 0.2) is 89.7 Å². The van der Waals surface area contributed by atoms with Gasteiger partial charge in [0.1, 0.15) is 6.61 Å². The number of benzene rings is 3. The molecule has 0 radical (unpaired) electrons. The Hall–Kier alpha value is -4.92. The Morgan fingerprint density at radius 3 is 2.23 bits per heavy atom. The number of oxazole rings is 1. The van der Waals surface area contributed by atoms with Crippen molar-refractivity contribution < 1.29 is 28.6 Å². The third-order valence-corrected chi connectivity index (χ3v) is 6.68. The van der Waals surface area contributed by atoms with E-state index >= 15 is 0 Å². The van der Waals surface area contributed by atoms with Gasteiger partial charge in [-0.1, -0.05) is 78.9 Å². The molecule has 0 spiro atoms. The van der Waals surface area contributed by atoms with E-state index < -0.39 is 18.0 Å². The van der Waals surface area contributed by atoms with Gasteiger partial charge in [0, 0.05) is 19.0 Å². The summed E-state index contributed by atoms with van der Waals surface area (Å²) in [4.78, 5) is 42.5. The molecule has 0 saturated heterocycles. The number of amides is 2. The number of nitrogens with one attached hydrogen (secondary N) is 1. The van der Waals surface area contributed by atoms with Gasteiger partial charge in [-0.2, -0.15) is 0 Å². The van der Waals surface area contributed by atoms with Gasteiger partial charge in [-0.3, -0.25) is 9.59 Å². The lowest BCUT2D eigenvalue weighted by molar-refractivity contribution is -0.137. The molecule has 1 aliphatic rings. The summed E-state index contributed by atoms with van der Waals surface area (Å²) >= 11 is 0. The number of hydrogen-bond acceptors (Lipinski definition) is 6. The normalized spacial score (nSPS) is 11.9. The number of nitrogens with zero attached hydrogens (tertiary/aromatic N) is 2. The zero-order valence-corrected chi connectivity index (χ0v) is 21.1. The average Bonchev–Trinajstić information content (AvgIpc) is 3.56. The van der Waals surface area contributed by atoms with Crippen molar-refractivity contribution in [3.8, 4) is 11.1 Å². The van der Waals surface area contributed by atoms with Crippen LogP contribution in [0.4, 0.5) is 4.79 Å². The minimum atomic E-state index is -1.02. The van der Waals surface area contributed by atoms with Crippen LogP contribution in [0.5, 0.6) is 0 Å². The Bertz CT molecular complexity index is 1440. The molecule has 9 nitrogen and oxygen atoms in total. The summed E-state index contributed by atoms with van der Waals surface area (Å²) in [6.45, 7) is 0.242. The van der Waals surface area contributed by atoms with Gasteiger partial charge in [-0.15, -0.1) is 0 Å². The lowest BCUT2D eigenvalue weighted by atomic mass is 9.98. The van der Waals surface area contributed by atoms with Gasteiger partial charge >= 0.3 is 12.1 Å². The molecule has 0 bridgehead atoms. The van der Waals surface area contributed by atoms with Gasteiger partial charge in [-0.25, -0.2) is 9.78 Å². The summed E-state index contributed by atoms with van der Waals surface area (Å²) in [5.41, 5.74) is 5.34. The van der Waals surface area contributed by atoms with Gasteiger partial charge in [0.05, 0.1) is 13.0 Å². The standard InChI is InChI=1S/C30H27N3O6/c34-27(35)14-15-33(17-20-8-2-1-3-9-20)29(36)28-26(39-19-32-28)16-31-30(37)38-18-25-23-12-6-4-10-21(23)22-11-5-7-13-24(22)25/h1-13,19,25H,14-18H2,(H,31,37)(H,34,35). The molecule has 1 aromatic heterocycles. The summed E-state index contributed by atoms with van der Waals surface area (Å²) in [5.74, 6) is -1.43. The Morgan fingerprint density at radius 1 is 0.923 bits per heavy atom. The highest BCUT2D eigenvalue weighted by atomic mass is 16.5. The summed E-state index contributed by atoms with van der Waals surface area (Å²) < 4.78 is 10.9. The molecule has 4 aromatic rings. The summed E-state index contributed by atoms with van der Waals surface area (Å²) in [6.07, 6.45) is 0.252. The van der Waals surface area contributed by atoms with Crippen LogP contribution in [-0.4, -0.2) is 46.1 Å². The van der Waals surface area contributed by atoms with Crippen LogP contribution in [0.25, 0.3) is 11.1 Å². The van der Waals surface area contributed by atoms with Crippen molar-refractivity contribution >= 4 is 18.0 Å². The summed E-state index contributed by atoms with van der Waals surface area (Å²) in [6, 6.07) is 25.4. The van der Waals surface area contributed by atoms with Crippen molar-refractivity contribution in [3.63, 3.8) is 0 Å². The number of alkyl carbamates (subject to hydrolysis) is 1. The SMILES string of the molecule is O=C(O)CCN(Cc1ccccc1)C(=O)c1ncoc1CNC(=O)OCC1c2ccccc2-c2ccccc21. The third kappa shape index (κ3) is 5.82. The number of carboxylic acids is 1. The number of aliphatic carboxylic acids is 1. The summed E-state index contributed by atoms with van der Waals surface area (Å²) in [7, 11) is 0. The first kappa shape index (κ1) is 25.7. The molecule has 198 valence electrons. The van der Waals surface area contributed by atoms with Crippen molar-refractivity contribution in [3.05, 3.63) is 113 Å². The molecule has 39 heavy (non-hydrogen) atoms. The Labute approximate surface area is 225 Å². The summed E-state index contributed by atoms with van der Waals surface area (Å²) in [5, 5.41) is 11.8. The second-order valence-electron chi connectivity index (χ2n) is 9.16. The Kier molecular flexibility index (Phi) is 7.68. The molecule has 2 amide bonds. The van der Waals surface area contributed by atoms with Crippen LogP contribution in [-0.2, 0) is 22.6 Å². The number of hydrogen-bond donors (Lipinski definition) is 2. The van der Waals surface area contributed by atoms with Crippen LogP contribution in [0.3, 0.4) is 0 Å². The molecule has 5 rings (SSSR count). The fourth-order valence-corrected chi connectivity index (χ4v) is 4.81. The maximum absolute atomic E-state index is 13.3. The molecule has 0 aliphatic heterocycles. The highest BCUT2D eigenvalue weighted by molar-refractivity contribution is 5.93. The van der Waals surface area contributed by atoms with E-state index in [2.05, 4.69) is 22.4 Å². The Balaban J connectivity index is 1.22. The number of aromatic nitrogens is 1. The molecule has 2 N–H and O–H groups in total. The predicted molar refractivity (Wildman–Crippen MR) is 142 cm³/mol. The maximum atomic E-state index is 13.3. The zero-order valence-electron chi connectivity index (χ0n) is 21.1. The molecule has 1 heterocycles. The van der Waals surface area contributed by atoms with E-state index in [1.54, 1.807) is 0 Å². The molecular formula is C30H27N3O6. The molecular weight excluding hydrogens is 498 g/mol. The molecule has 0 unspecified atom stereocenters. The van der Waals surface area contributed by atoms with Gasteiger partial charge in [0.15, 0.2) is 17.8 Å². The van der Waals surface area contributed by atoms with E-state index in [4.69, 9.17) is 14.3 Å². The molecule has 0 fully saturated rings.